The normalized spacial score (nSPS) is 18.9. The van der Waals surface area contributed by atoms with Gasteiger partial charge in [0.15, 0.2) is 0 Å². The van der Waals surface area contributed by atoms with E-state index in [9.17, 15) is 8.42 Å². The summed E-state index contributed by atoms with van der Waals surface area (Å²) >= 11 is 3.27. The fraction of sp³-hybridized carbons (Fsp3) is 0.333. The van der Waals surface area contributed by atoms with Crippen molar-refractivity contribution in [3.8, 4) is 6.01 Å². The van der Waals surface area contributed by atoms with Crippen LogP contribution < -0.4 is 4.74 Å². The number of benzene rings is 1. The van der Waals surface area contributed by atoms with Crippen LogP contribution in [0.4, 0.5) is 0 Å². The van der Waals surface area contributed by atoms with E-state index in [1.54, 1.807) is 18.5 Å². The molecule has 0 bridgehead atoms. The highest BCUT2D eigenvalue weighted by atomic mass is 79.9. The van der Waals surface area contributed by atoms with Crippen molar-refractivity contribution in [2.45, 2.75) is 25.9 Å². The third kappa shape index (κ3) is 5.12. The summed E-state index contributed by atoms with van der Waals surface area (Å²) in [6.45, 7) is 2.77. The highest BCUT2D eigenvalue weighted by Crippen LogP contribution is 2.20. The quantitative estimate of drug-likeness (QED) is 0.716. The molecule has 2 heterocycles. The number of ether oxygens (including phenoxy) is 1. The number of aromatic nitrogens is 2. The molecule has 138 valence electrons. The first kappa shape index (κ1) is 19.0. The van der Waals surface area contributed by atoms with Crippen molar-refractivity contribution in [2.24, 2.45) is 0 Å². The third-order valence-electron chi connectivity index (χ3n) is 4.08. The van der Waals surface area contributed by atoms with Gasteiger partial charge in [0, 0.05) is 24.3 Å². The van der Waals surface area contributed by atoms with Gasteiger partial charge in [0.25, 0.3) is 0 Å². The van der Waals surface area contributed by atoms with Gasteiger partial charge >= 0.3 is 6.01 Å². The monoisotopic (exact) mass is 437 g/mol. The van der Waals surface area contributed by atoms with Gasteiger partial charge in [-0.15, -0.1) is 0 Å². The van der Waals surface area contributed by atoms with Gasteiger partial charge in [-0.2, -0.15) is 4.31 Å². The smallest absolute Gasteiger partial charge is 0.316 e. The number of hydrogen-bond donors (Lipinski definition) is 0. The van der Waals surface area contributed by atoms with Gasteiger partial charge in [0.2, 0.25) is 10.0 Å². The number of hydrogen-bond acceptors (Lipinski definition) is 5. The van der Waals surface area contributed by atoms with E-state index in [1.165, 1.54) is 9.71 Å². The zero-order valence-electron chi connectivity index (χ0n) is 14.4. The van der Waals surface area contributed by atoms with Crippen molar-refractivity contribution < 1.29 is 13.2 Å². The molecule has 2 aromatic rings. The second kappa shape index (κ2) is 8.28. The maximum Gasteiger partial charge on any atom is 0.316 e. The lowest BCUT2D eigenvalue weighted by molar-refractivity contribution is 0.119. The van der Waals surface area contributed by atoms with Crippen LogP contribution in [-0.4, -0.2) is 41.9 Å². The minimum atomic E-state index is -3.50. The molecule has 0 radical (unpaired) electrons. The maximum absolute atomic E-state index is 12.6. The number of halogens is 1. The summed E-state index contributed by atoms with van der Waals surface area (Å²) < 4.78 is 33.2. The Hall–Kier alpha value is -1.77. The molecular formula is C18H20BrN3O3S. The molecule has 1 aliphatic heterocycles. The first-order valence-electron chi connectivity index (χ1n) is 8.31. The molecule has 6 nitrogen and oxygen atoms in total. The molecule has 0 saturated carbocycles. The van der Waals surface area contributed by atoms with Crippen LogP contribution in [0, 0.1) is 6.92 Å². The van der Waals surface area contributed by atoms with Crippen LogP contribution >= 0.6 is 15.9 Å². The van der Waals surface area contributed by atoms with Crippen molar-refractivity contribution in [2.75, 3.05) is 13.1 Å². The van der Waals surface area contributed by atoms with E-state index in [2.05, 4.69) is 25.9 Å². The van der Waals surface area contributed by atoms with Crippen LogP contribution in [0.1, 0.15) is 24.0 Å². The Kier molecular flexibility index (Phi) is 6.05. The van der Waals surface area contributed by atoms with Crippen molar-refractivity contribution >= 4 is 32.0 Å². The molecule has 1 aromatic carbocycles. The van der Waals surface area contributed by atoms with Gasteiger partial charge in [-0.1, -0.05) is 29.8 Å². The van der Waals surface area contributed by atoms with Crippen LogP contribution in [0.2, 0.25) is 0 Å². The second-order valence-electron chi connectivity index (χ2n) is 6.18. The Morgan fingerprint density at radius 1 is 1.23 bits per heavy atom. The number of piperidine rings is 1. The second-order valence-corrected chi connectivity index (χ2v) is 8.92. The summed E-state index contributed by atoms with van der Waals surface area (Å²) in [6, 6.07) is 7.96. The lowest BCUT2D eigenvalue weighted by Gasteiger charge is -2.30. The van der Waals surface area contributed by atoms with E-state index < -0.39 is 10.0 Å². The maximum atomic E-state index is 12.6. The molecule has 1 unspecified atom stereocenters. The van der Waals surface area contributed by atoms with Crippen molar-refractivity contribution in [3.63, 3.8) is 0 Å². The summed E-state index contributed by atoms with van der Waals surface area (Å²) in [6.07, 6.45) is 6.07. The Bertz CT molecular complexity index is 868. The number of nitrogens with zero attached hydrogens (tertiary/aromatic N) is 3. The van der Waals surface area contributed by atoms with Crippen LogP contribution in [0.5, 0.6) is 6.01 Å². The summed E-state index contributed by atoms with van der Waals surface area (Å²) in [5.74, 6) is 0. The predicted molar refractivity (Wildman–Crippen MR) is 104 cm³/mol. The first-order chi connectivity index (χ1) is 12.4. The standard InChI is InChI=1S/C18H20BrN3O3S/c1-14-4-6-15(7-5-14)8-10-26(23,24)22-9-2-3-17(13-22)25-18-20-11-16(19)12-21-18/h4-8,10-12,17H,2-3,9,13H2,1H3. The molecule has 1 fully saturated rings. The molecule has 8 heteroatoms. The zero-order chi connectivity index (χ0) is 18.6. The third-order valence-corrected chi connectivity index (χ3v) is 6.02. The minimum Gasteiger partial charge on any atom is -0.459 e. The number of sulfonamides is 1. The molecule has 0 spiro atoms. The fourth-order valence-corrected chi connectivity index (χ4v) is 4.13. The van der Waals surface area contributed by atoms with Gasteiger partial charge in [-0.3, -0.25) is 0 Å². The number of rotatable bonds is 5. The summed E-state index contributed by atoms with van der Waals surface area (Å²) in [7, 11) is -3.50. The van der Waals surface area contributed by atoms with E-state index in [0.29, 0.717) is 13.1 Å². The van der Waals surface area contributed by atoms with Crippen molar-refractivity contribution in [3.05, 3.63) is 57.7 Å². The van der Waals surface area contributed by atoms with Gasteiger partial charge in [0.1, 0.15) is 6.10 Å². The highest BCUT2D eigenvalue weighted by molar-refractivity contribution is 9.10. The zero-order valence-corrected chi connectivity index (χ0v) is 16.8. The average molecular weight is 438 g/mol. The van der Waals surface area contributed by atoms with E-state index >= 15 is 0 Å². The summed E-state index contributed by atoms with van der Waals surface area (Å²) in [4.78, 5) is 8.16. The van der Waals surface area contributed by atoms with Crippen molar-refractivity contribution in [1.82, 2.24) is 14.3 Å². The Balaban J connectivity index is 1.65. The fourth-order valence-electron chi connectivity index (χ4n) is 2.67. The summed E-state index contributed by atoms with van der Waals surface area (Å²) in [5, 5.41) is 1.26. The molecule has 0 N–H and O–H groups in total. The molecular weight excluding hydrogens is 418 g/mol. The molecule has 1 atom stereocenters. The molecule has 1 saturated heterocycles. The van der Waals surface area contributed by atoms with Crippen LogP contribution in [-0.2, 0) is 10.0 Å². The largest absolute Gasteiger partial charge is 0.459 e. The van der Waals surface area contributed by atoms with Crippen LogP contribution in [0.3, 0.4) is 0 Å². The van der Waals surface area contributed by atoms with E-state index in [0.717, 1.165) is 28.4 Å². The lowest BCUT2D eigenvalue weighted by atomic mass is 10.1. The Morgan fingerprint density at radius 2 is 1.92 bits per heavy atom. The molecule has 26 heavy (non-hydrogen) atoms. The lowest BCUT2D eigenvalue weighted by Crippen LogP contribution is -2.43. The van der Waals surface area contributed by atoms with Gasteiger partial charge in [0.05, 0.1) is 11.0 Å². The average Bonchev–Trinajstić information content (AvgIpc) is 2.63. The highest BCUT2D eigenvalue weighted by Gasteiger charge is 2.28. The van der Waals surface area contributed by atoms with Gasteiger partial charge in [-0.25, -0.2) is 18.4 Å². The molecule has 1 aliphatic rings. The van der Waals surface area contributed by atoms with E-state index in [1.807, 2.05) is 31.2 Å². The molecule has 0 aliphatic carbocycles. The first-order valence-corrected chi connectivity index (χ1v) is 10.6. The van der Waals surface area contributed by atoms with Crippen LogP contribution in [0.15, 0.2) is 46.5 Å². The van der Waals surface area contributed by atoms with Gasteiger partial charge in [-0.05, 0) is 47.3 Å². The van der Waals surface area contributed by atoms with E-state index in [4.69, 9.17) is 4.74 Å². The predicted octanol–water partition coefficient (Wildman–Crippen LogP) is 3.39. The SMILES string of the molecule is Cc1ccc(C=CS(=O)(=O)N2CCCC(Oc3ncc(Br)cn3)C2)cc1. The van der Waals surface area contributed by atoms with E-state index in [-0.39, 0.29) is 12.1 Å². The van der Waals surface area contributed by atoms with Crippen LogP contribution in [0.25, 0.3) is 6.08 Å². The molecule has 0 amide bonds. The topological polar surface area (TPSA) is 72.4 Å². The van der Waals surface area contributed by atoms with Gasteiger partial charge < -0.3 is 4.74 Å². The number of aryl methyl sites for hydroxylation is 1. The Morgan fingerprint density at radius 3 is 2.62 bits per heavy atom. The Labute approximate surface area is 162 Å². The summed E-state index contributed by atoms with van der Waals surface area (Å²) in [5.41, 5.74) is 1.99. The van der Waals surface area contributed by atoms with Crippen molar-refractivity contribution in [1.29, 1.82) is 0 Å². The molecule has 3 rings (SSSR count). The molecule has 1 aromatic heterocycles. The minimum absolute atomic E-state index is 0.257.